The van der Waals surface area contributed by atoms with Gasteiger partial charge in [0, 0.05) is 10.0 Å². The van der Waals surface area contributed by atoms with Crippen molar-refractivity contribution >= 4 is 15.9 Å². The number of hydrogen-bond acceptors (Lipinski definition) is 1. The number of halogens is 3. The number of aliphatic hydroxyl groups is 1. The molecule has 0 aliphatic heterocycles. The molecule has 0 saturated heterocycles. The van der Waals surface area contributed by atoms with E-state index in [1.54, 1.807) is 12.1 Å². The molecular weight excluding hydrogens is 326 g/mol. The van der Waals surface area contributed by atoms with Gasteiger partial charge >= 0.3 is 5.92 Å². The predicted octanol–water partition coefficient (Wildman–Crippen LogP) is 4.98. The summed E-state index contributed by atoms with van der Waals surface area (Å²) in [5, 5.41) is 9.56. The summed E-state index contributed by atoms with van der Waals surface area (Å²) in [7, 11) is 0. The molecule has 0 aliphatic carbocycles. The Balaban J connectivity index is 2.33. The van der Waals surface area contributed by atoms with Crippen LogP contribution in [0.25, 0.3) is 11.1 Å². The van der Waals surface area contributed by atoms with Crippen LogP contribution in [0.15, 0.2) is 53.0 Å². The zero-order valence-corrected chi connectivity index (χ0v) is 12.8. The van der Waals surface area contributed by atoms with Gasteiger partial charge in [-0.05, 0) is 37.1 Å². The molecule has 0 saturated carbocycles. The summed E-state index contributed by atoms with van der Waals surface area (Å²) in [5.74, 6) is -3.29. The van der Waals surface area contributed by atoms with Gasteiger partial charge in [0.1, 0.15) is 5.60 Å². The molecule has 0 radical (unpaired) electrons. The van der Waals surface area contributed by atoms with E-state index in [0.717, 1.165) is 29.4 Å². The lowest BCUT2D eigenvalue weighted by Crippen LogP contribution is -2.40. The monoisotopic (exact) mass is 340 g/mol. The zero-order chi connectivity index (χ0) is 15.0. The maximum absolute atomic E-state index is 14.0. The van der Waals surface area contributed by atoms with Gasteiger partial charge in [0.2, 0.25) is 0 Å². The van der Waals surface area contributed by atoms with Gasteiger partial charge in [-0.2, -0.15) is 8.78 Å². The quantitative estimate of drug-likeness (QED) is 0.835. The van der Waals surface area contributed by atoms with Crippen LogP contribution >= 0.6 is 15.9 Å². The van der Waals surface area contributed by atoms with E-state index in [1.807, 2.05) is 24.3 Å². The van der Waals surface area contributed by atoms with Gasteiger partial charge in [-0.15, -0.1) is 0 Å². The standard InChI is InChI=1S/C16H15BrF2O/c1-15(2,20)16(18,19)13-7-3-11(4-8-13)12-5-9-14(17)10-6-12/h3-10,20H,1-2H3. The fraction of sp³-hybridized carbons (Fsp3) is 0.250. The average molecular weight is 341 g/mol. The SMILES string of the molecule is CC(C)(O)C(F)(F)c1ccc(-c2ccc(Br)cc2)cc1. The van der Waals surface area contributed by atoms with E-state index in [0.29, 0.717) is 0 Å². The molecule has 0 bridgehead atoms. The Morgan fingerprint density at radius 3 is 1.65 bits per heavy atom. The van der Waals surface area contributed by atoms with Crippen molar-refractivity contribution < 1.29 is 13.9 Å². The van der Waals surface area contributed by atoms with Gasteiger partial charge in [-0.3, -0.25) is 0 Å². The highest BCUT2D eigenvalue weighted by molar-refractivity contribution is 9.10. The van der Waals surface area contributed by atoms with E-state index in [2.05, 4.69) is 15.9 Å². The van der Waals surface area contributed by atoms with Gasteiger partial charge in [-0.1, -0.05) is 52.3 Å². The molecule has 1 N–H and O–H groups in total. The Morgan fingerprint density at radius 2 is 1.25 bits per heavy atom. The van der Waals surface area contributed by atoms with Crippen LogP contribution in [0.2, 0.25) is 0 Å². The van der Waals surface area contributed by atoms with E-state index < -0.39 is 11.5 Å². The molecule has 2 rings (SSSR count). The maximum Gasteiger partial charge on any atom is 0.300 e. The minimum absolute atomic E-state index is 0.189. The molecule has 4 heteroatoms. The van der Waals surface area contributed by atoms with Gasteiger partial charge in [-0.25, -0.2) is 0 Å². The average Bonchev–Trinajstić information content (AvgIpc) is 2.38. The topological polar surface area (TPSA) is 20.2 Å². The van der Waals surface area contributed by atoms with E-state index in [9.17, 15) is 13.9 Å². The lowest BCUT2D eigenvalue weighted by atomic mass is 9.92. The highest BCUT2D eigenvalue weighted by Crippen LogP contribution is 2.39. The Morgan fingerprint density at radius 1 is 0.850 bits per heavy atom. The highest BCUT2D eigenvalue weighted by Gasteiger charge is 2.46. The Kier molecular flexibility index (Phi) is 3.98. The summed E-state index contributed by atoms with van der Waals surface area (Å²) in [5.41, 5.74) is -0.475. The molecule has 1 nitrogen and oxygen atoms in total. The molecule has 0 aromatic heterocycles. The molecule has 20 heavy (non-hydrogen) atoms. The predicted molar refractivity (Wildman–Crippen MR) is 79.8 cm³/mol. The van der Waals surface area contributed by atoms with Crippen molar-refractivity contribution in [3.05, 3.63) is 58.6 Å². The van der Waals surface area contributed by atoms with Crippen molar-refractivity contribution in [1.82, 2.24) is 0 Å². The van der Waals surface area contributed by atoms with Crippen LogP contribution in [-0.2, 0) is 5.92 Å². The van der Waals surface area contributed by atoms with Crippen LogP contribution in [0, 0.1) is 0 Å². The fourth-order valence-electron chi connectivity index (χ4n) is 1.87. The molecule has 2 aromatic rings. The van der Waals surface area contributed by atoms with Crippen molar-refractivity contribution in [2.75, 3.05) is 0 Å². The first-order valence-electron chi connectivity index (χ1n) is 6.18. The molecular formula is C16H15BrF2O. The molecule has 0 aliphatic rings. The third kappa shape index (κ3) is 2.91. The number of alkyl halides is 2. The number of hydrogen-bond donors (Lipinski definition) is 1. The molecule has 0 atom stereocenters. The summed E-state index contributed by atoms with van der Waals surface area (Å²) in [6, 6.07) is 13.6. The van der Waals surface area contributed by atoms with Gasteiger partial charge < -0.3 is 5.11 Å². The maximum atomic E-state index is 14.0. The van der Waals surface area contributed by atoms with Crippen molar-refractivity contribution in [2.24, 2.45) is 0 Å². The van der Waals surface area contributed by atoms with Crippen LogP contribution in [0.3, 0.4) is 0 Å². The Labute approximate surface area is 125 Å². The van der Waals surface area contributed by atoms with Crippen LogP contribution in [0.1, 0.15) is 19.4 Å². The van der Waals surface area contributed by atoms with E-state index >= 15 is 0 Å². The van der Waals surface area contributed by atoms with Crippen LogP contribution < -0.4 is 0 Å². The highest BCUT2D eigenvalue weighted by atomic mass is 79.9. The zero-order valence-electron chi connectivity index (χ0n) is 11.2. The van der Waals surface area contributed by atoms with E-state index in [4.69, 9.17) is 0 Å². The Hall–Kier alpha value is -1.26. The summed E-state index contributed by atoms with van der Waals surface area (Å²) < 4.78 is 29.0. The van der Waals surface area contributed by atoms with Gasteiger partial charge in [0.25, 0.3) is 0 Å². The third-order valence-corrected chi connectivity index (χ3v) is 3.72. The molecule has 106 valence electrons. The first-order valence-corrected chi connectivity index (χ1v) is 6.98. The number of benzene rings is 2. The molecule has 0 spiro atoms. The second-order valence-corrected chi connectivity index (χ2v) is 6.13. The second kappa shape index (κ2) is 5.26. The summed E-state index contributed by atoms with van der Waals surface area (Å²) >= 11 is 3.35. The van der Waals surface area contributed by atoms with Crippen molar-refractivity contribution in [1.29, 1.82) is 0 Å². The van der Waals surface area contributed by atoms with Crippen LogP contribution in [0.5, 0.6) is 0 Å². The van der Waals surface area contributed by atoms with Crippen LogP contribution in [0.4, 0.5) is 8.78 Å². The van der Waals surface area contributed by atoms with E-state index in [1.165, 1.54) is 12.1 Å². The van der Waals surface area contributed by atoms with E-state index in [-0.39, 0.29) is 5.56 Å². The molecule has 0 fully saturated rings. The molecule has 0 amide bonds. The van der Waals surface area contributed by atoms with Crippen molar-refractivity contribution in [3.63, 3.8) is 0 Å². The first kappa shape index (κ1) is 15.1. The molecule has 0 heterocycles. The minimum Gasteiger partial charge on any atom is -0.384 e. The normalized spacial score (nSPS) is 12.5. The Bertz CT molecular complexity index is 583. The number of rotatable bonds is 3. The minimum atomic E-state index is -3.29. The largest absolute Gasteiger partial charge is 0.384 e. The van der Waals surface area contributed by atoms with Crippen molar-refractivity contribution in [3.8, 4) is 11.1 Å². The van der Waals surface area contributed by atoms with Crippen LogP contribution in [-0.4, -0.2) is 10.7 Å². The van der Waals surface area contributed by atoms with Crippen molar-refractivity contribution in [2.45, 2.75) is 25.4 Å². The summed E-state index contributed by atoms with van der Waals surface area (Å²) in [4.78, 5) is 0. The lowest BCUT2D eigenvalue weighted by molar-refractivity contribution is -0.168. The summed E-state index contributed by atoms with van der Waals surface area (Å²) in [6.07, 6.45) is 0. The van der Waals surface area contributed by atoms with Gasteiger partial charge in [0.05, 0.1) is 0 Å². The fourth-order valence-corrected chi connectivity index (χ4v) is 2.13. The third-order valence-electron chi connectivity index (χ3n) is 3.19. The second-order valence-electron chi connectivity index (χ2n) is 5.22. The molecule has 0 unspecified atom stereocenters. The lowest BCUT2D eigenvalue weighted by Gasteiger charge is -2.29. The summed E-state index contributed by atoms with van der Waals surface area (Å²) in [6.45, 7) is 2.21. The first-order chi connectivity index (χ1) is 9.22. The van der Waals surface area contributed by atoms with Gasteiger partial charge in [0.15, 0.2) is 0 Å². The smallest absolute Gasteiger partial charge is 0.300 e. The molecule has 2 aromatic carbocycles.